The molecule has 5 nitrogen and oxygen atoms in total. The summed E-state index contributed by atoms with van der Waals surface area (Å²) in [6, 6.07) is 9.07. The third kappa shape index (κ3) is 5.16. The Hall–Kier alpha value is -2.21. The van der Waals surface area contributed by atoms with Crippen molar-refractivity contribution in [2.24, 2.45) is 0 Å². The molecule has 2 aromatic rings. The molecule has 6 heteroatoms. The summed E-state index contributed by atoms with van der Waals surface area (Å²) < 4.78 is 0.756. The van der Waals surface area contributed by atoms with Gasteiger partial charge in [0.2, 0.25) is 0 Å². The van der Waals surface area contributed by atoms with Crippen LogP contribution < -0.4 is 10.6 Å². The Morgan fingerprint density at radius 2 is 1.83 bits per heavy atom. The molecule has 0 aliphatic carbocycles. The molecule has 1 aromatic heterocycles. The highest BCUT2D eigenvalue weighted by molar-refractivity contribution is 9.10. The van der Waals surface area contributed by atoms with E-state index in [9.17, 15) is 9.59 Å². The topological polar surface area (TPSA) is 71.1 Å². The highest BCUT2D eigenvalue weighted by Gasteiger charge is 2.09. The lowest BCUT2D eigenvalue weighted by molar-refractivity contribution is 0.0934. The zero-order chi connectivity index (χ0) is 17.5. The predicted molar refractivity (Wildman–Crippen MR) is 96.8 cm³/mol. The number of pyridine rings is 1. The van der Waals surface area contributed by atoms with E-state index in [2.05, 4.69) is 31.5 Å². The van der Waals surface area contributed by atoms with Gasteiger partial charge in [-0.2, -0.15) is 0 Å². The number of carbonyl (C=O) groups excluding carboxylic acids is 2. The maximum Gasteiger partial charge on any atom is 0.253 e. The van der Waals surface area contributed by atoms with Crippen LogP contribution in [0, 0.1) is 0 Å². The van der Waals surface area contributed by atoms with Crippen LogP contribution in [0.1, 0.15) is 46.5 Å². The van der Waals surface area contributed by atoms with Gasteiger partial charge in [-0.25, -0.2) is 0 Å². The third-order valence-electron chi connectivity index (χ3n) is 3.63. The van der Waals surface area contributed by atoms with Gasteiger partial charge < -0.3 is 10.6 Å². The minimum absolute atomic E-state index is 0.0832. The Balaban J connectivity index is 1.92. The van der Waals surface area contributed by atoms with Crippen LogP contribution in [0.4, 0.5) is 0 Å². The van der Waals surface area contributed by atoms with Crippen LogP contribution in [0.3, 0.4) is 0 Å². The van der Waals surface area contributed by atoms with Crippen LogP contribution in [0.15, 0.2) is 47.2 Å². The van der Waals surface area contributed by atoms with Gasteiger partial charge in [0, 0.05) is 35.0 Å². The van der Waals surface area contributed by atoms with E-state index in [0.717, 1.165) is 16.5 Å². The second kappa shape index (κ2) is 8.59. The fourth-order valence-electron chi connectivity index (χ4n) is 2.00. The molecule has 0 aliphatic heterocycles. The SMILES string of the molecule is CC[C@@H](C)NC(=O)c1ccc(CNC(=O)c2cncc(Br)c2)cc1. The summed E-state index contributed by atoms with van der Waals surface area (Å²) in [4.78, 5) is 28.0. The lowest BCUT2D eigenvalue weighted by Gasteiger charge is -2.11. The first-order chi connectivity index (χ1) is 11.5. The van der Waals surface area contributed by atoms with Gasteiger partial charge in [-0.05, 0) is 53.0 Å². The number of rotatable bonds is 6. The van der Waals surface area contributed by atoms with Crippen molar-refractivity contribution in [1.82, 2.24) is 15.6 Å². The highest BCUT2D eigenvalue weighted by Crippen LogP contribution is 2.10. The molecule has 2 N–H and O–H groups in total. The Morgan fingerprint density at radius 3 is 2.46 bits per heavy atom. The van der Waals surface area contributed by atoms with Gasteiger partial charge in [-0.3, -0.25) is 14.6 Å². The average molecular weight is 390 g/mol. The first kappa shape index (κ1) is 18.1. The standard InChI is InChI=1S/C18H20BrN3O2/c1-3-12(2)22-18(24)14-6-4-13(5-7-14)9-21-17(23)15-8-16(19)11-20-10-15/h4-8,10-12H,3,9H2,1-2H3,(H,21,23)(H,22,24)/t12-/m1/s1. The van der Waals surface area contributed by atoms with Gasteiger partial charge >= 0.3 is 0 Å². The zero-order valence-electron chi connectivity index (χ0n) is 13.7. The number of nitrogens with zero attached hydrogens (tertiary/aromatic N) is 1. The van der Waals surface area contributed by atoms with Crippen LogP contribution in [-0.2, 0) is 6.54 Å². The molecule has 1 atom stereocenters. The first-order valence-electron chi connectivity index (χ1n) is 7.78. The van der Waals surface area contributed by atoms with E-state index < -0.39 is 0 Å². The van der Waals surface area contributed by atoms with Crippen LogP contribution in [0.5, 0.6) is 0 Å². The molecular weight excluding hydrogens is 370 g/mol. The molecule has 0 spiro atoms. The summed E-state index contributed by atoms with van der Waals surface area (Å²) in [5, 5.41) is 5.75. The number of halogens is 1. The Morgan fingerprint density at radius 1 is 1.12 bits per heavy atom. The summed E-state index contributed by atoms with van der Waals surface area (Å²) in [6.07, 6.45) is 4.03. The maximum atomic E-state index is 12.1. The highest BCUT2D eigenvalue weighted by atomic mass is 79.9. The van der Waals surface area contributed by atoms with Crippen LogP contribution in [0.25, 0.3) is 0 Å². The monoisotopic (exact) mass is 389 g/mol. The van der Waals surface area contributed by atoms with Gasteiger partial charge in [0.05, 0.1) is 5.56 Å². The molecule has 2 amide bonds. The molecule has 0 saturated heterocycles. The van der Waals surface area contributed by atoms with E-state index in [-0.39, 0.29) is 17.9 Å². The van der Waals surface area contributed by atoms with Crippen LogP contribution in [0.2, 0.25) is 0 Å². The van der Waals surface area contributed by atoms with Crippen LogP contribution >= 0.6 is 15.9 Å². The molecule has 2 rings (SSSR count). The van der Waals surface area contributed by atoms with E-state index in [1.54, 1.807) is 24.4 Å². The van der Waals surface area contributed by atoms with E-state index in [1.165, 1.54) is 6.20 Å². The summed E-state index contributed by atoms with van der Waals surface area (Å²) in [5.74, 6) is -0.275. The van der Waals surface area contributed by atoms with E-state index in [0.29, 0.717) is 17.7 Å². The fraction of sp³-hybridized carbons (Fsp3) is 0.278. The molecule has 0 fully saturated rings. The zero-order valence-corrected chi connectivity index (χ0v) is 15.3. The largest absolute Gasteiger partial charge is 0.350 e. The first-order valence-corrected chi connectivity index (χ1v) is 8.57. The van der Waals surface area contributed by atoms with Gasteiger partial charge in [0.25, 0.3) is 11.8 Å². The lowest BCUT2D eigenvalue weighted by Crippen LogP contribution is -2.31. The van der Waals surface area contributed by atoms with Crippen LogP contribution in [-0.4, -0.2) is 22.8 Å². The minimum atomic E-state index is -0.192. The molecule has 1 aromatic carbocycles. The maximum absolute atomic E-state index is 12.1. The van der Waals surface area contributed by atoms with Crippen molar-refractivity contribution in [3.63, 3.8) is 0 Å². The van der Waals surface area contributed by atoms with Crippen molar-refractivity contribution in [3.8, 4) is 0 Å². The van der Waals surface area contributed by atoms with Crippen molar-refractivity contribution in [1.29, 1.82) is 0 Å². The molecule has 0 radical (unpaired) electrons. The number of nitrogens with one attached hydrogen (secondary N) is 2. The predicted octanol–water partition coefficient (Wildman–Crippen LogP) is 3.30. The normalized spacial score (nSPS) is 11.6. The Bertz CT molecular complexity index is 716. The molecule has 24 heavy (non-hydrogen) atoms. The second-order valence-electron chi connectivity index (χ2n) is 5.55. The van der Waals surface area contributed by atoms with Crippen molar-refractivity contribution in [2.75, 3.05) is 0 Å². The van der Waals surface area contributed by atoms with E-state index in [4.69, 9.17) is 0 Å². The molecule has 0 saturated carbocycles. The lowest BCUT2D eigenvalue weighted by atomic mass is 10.1. The summed E-state index contributed by atoms with van der Waals surface area (Å²) in [7, 11) is 0. The number of benzene rings is 1. The number of hydrogen-bond donors (Lipinski definition) is 2. The molecule has 0 aliphatic rings. The van der Waals surface area contributed by atoms with Crippen molar-refractivity contribution >= 4 is 27.7 Å². The molecule has 0 unspecified atom stereocenters. The number of amides is 2. The average Bonchev–Trinajstić information content (AvgIpc) is 2.59. The fourth-order valence-corrected chi connectivity index (χ4v) is 2.37. The Kier molecular flexibility index (Phi) is 6.49. The van der Waals surface area contributed by atoms with E-state index in [1.807, 2.05) is 26.0 Å². The van der Waals surface area contributed by atoms with Gasteiger partial charge in [-0.15, -0.1) is 0 Å². The van der Waals surface area contributed by atoms with Crippen molar-refractivity contribution < 1.29 is 9.59 Å². The molecule has 1 heterocycles. The van der Waals surface area contributed by atoms with E-state index >= 15 is 0 Å². The second-order valence-corrected chi connectivity index (χ2v) is 6.47. The quantitative estimate of drug-likeness (QED) is 0.795. The van der Waals surface area contributed by atoms with Gasteiger partial charge in [0.1, 0.15) is 0 Å². The summed E-state index contributed by atoms with van der Waals surface area (Å²) >= 11 is 3.29. The van der Waals surface area contributed by atoms with Gasteiger partial charge in [0.15, 0.2) is 0 Å². The summed E-state index contributed by atoms with van der Waals surface area (Å²) in [5.41, 5.74) is 2.03. The van der Waals surface area contributed by atoms with Crippen molar-refractivity contribution in [3.05, 3.63) is 63.9 Å². The minimum Gasteiger partial charge on any atom is -0.350 e. The smallest absolute Gasteiger partial charge is 0.253 e. The third-order valence-corrected chi connectivity index (χ3v) is 4.06. The molecule has 0 bridgehead atoms. The Labute approximate surface area is 150 Å². The van der Waals surface area contributed by atoms with Crippen molar-refractivity contribution in [2.45, 2.75) is 32.9 Å². The van der Waals surface area contributed by atoms with Gasteiger partial charge in [-0.1, -0.05) is 19.1 Å². The number of aromatic nitrogens is 1. The molecule has 126 valence electrons. The summed E-state index contributed by atoms with van der Waals surface area (Å²) in [6.45, 7) is 4.38. The molecular formula is C18H20BrN3O2. The number of hydrogen-bond acceptors (Lipinski definition) is 3. The number of carbonyl (C=O) groups is 2.